The molecule has 0 spiro atoms. The van der Waals surface area contributed by atoms with Crippen molar-refractivity contribution in [1.82, 2.24) is 4.90 Å². The average molecular weight is 222 g/mol. The summed E-state index contributed by atoms with van der Waals surface area (Å²) in [5, 5.41) is 0. The SMILES string of the molecule is CCCCN(CCCl)CCOC(C)C. The van der Waals surface area contributed by atoms with Crippen LogP contribution >= 0.6 is 11.6 Å². The van der Waals surface area contributed by atoms with Gasteiger partial charge in [-0.25, -0.2) is 0 Å². The van der Waals surface area contributed by atoms with Crippen molar-refractivity contribution >= 4 is 11.6 Å². The highest BCUT2D eigenvalue weighted by Gasteiger charge is 2.03. The minimum atomic E-state index is 0.332. The van der Waals surface area contributed by atoms with Gasteiger partial charge in [0.1, 0.15) is 0 Å². The van der Waals surface area contributed by atoms with E-state index in [2.05, 4.69) is 25.7 Å². The van der Waals surface area contributed by atoms with Crippen molar-refractivity contribution in [3.05, 3.63) is 0 Å². The molecule has 0 radical (unpaired) electrons. The van der Waals surface area contributed by atoms with E-state index in [9.17, 15) is 0 Å². The van der Waals surface area contributed by atoms with Crippen molar-refractivity contribution in [3.8, 4) is 0 Å². The maximum absolute atomic E-state index is 5.73. The normalized spacial score (nSPS) is 11.6. The molecule has 86 valence electrons. The van der Waals surface area contributed by atoms with Gasteiger partial charge in [-0.1, -0.05) is 13.3 Å². The summed E-state index contributed by atoms with van der Waals surface area (Å²) >= 11 is 5.73. The van der Waals surface area contributed by atoms with Crippen LogP contribution in [0.1, 0.15) is 33.6 Å². The molecule has 3 heteroatoms. The van der Waals surface area contributed by atoms with Crippen molar-refractivity contribution in [2.24, 2.45) is 0 Å². The van der Waals surface area contributed by atoms with Gasteiger partial charge in [-0.05, 0) is 26.8 Å². The molecule has 0 aliphatic carbocycles. The molecule has 0 bridgehead atoms. The Kier molecular flexibility index (Phi) is 9.90. The predicted molar refractivity (Wildman–Crippen MR) is 63.2 cm³/mol. The average Bonchev–Trinajstić information content (AvgIpc) is 2.13. The number of halogens is 1. The molecule has 0 rings (SSSR count). The van der Waals surface area contributed by atoms with Crippen molar-refractivity contribution in [3.63, 3.8) is 0 Å². The molecule has 0 amide bonds. The summed E-state index contributed by atoms with van der Waals surface area (Å²) < 4.78 is 5.51. The number of unbranched alkanes of at least 4 members (excludes halogenated alkanes) is 1. The second kappa shape index (κ2) is 9.75. The van der Waals surface area contributed by atoms with E-state index in [0.717, 1.165) is 26.2 Å². The van der Waals surface area contributed by atoms with Gasteiger partial charge in [0.2, 0.25) is 0 Å². The first-order chi connectivity index (χ1) is 6.70. The van der Waals surface area contributed by atoms with Gasteiger partial charge in [0.05, 0.1) is 12.7 Å². The Morgan fingerprint density at radius 1 is 1.21 bits per heavy atom. The third-order valence-electron chi connectivity index (χ3n) is 2.09. The van der Waals surface area contributed by atoms with Crippen molar-refractivity contribution in [2.45, 2.75) is 39.7 Å². The van der Waals surface area contributed by atoms with Crippen LogP contribution in [0.15, 0.2) is 0 Å². The van der Waals surface area contributed by atoms with Crippen molar-refractivity contribution in [2.75, 3.05) is 32.1 Å². The van der Waals surface area contributed by atoms with E-state index in [0.29, 0.717) is 12.0 Å². The molecule has 0 aliphatic heterocycles. The third-order valence-corrected chi connectivity index (χ3v) is 2.26. The monoisotopic (exact) mass is 221 g/mol. The van der Waals surface area contributed by atoms with Gasteiger partial charge in [-0.3, -0.25) is 4.90 Å². The second-order valence-corrected chi connectivity index (χ2v) is 4.18. The maximum atomic E-state index is 5.73. The van der Waals surface area contributed by atoms with E-state index in [1.165, 1.54) is 12.8 Å². The Bertz CT molecular complexity index is 120. The van der Waals surface area contributed by atoms with Gasteiger partial charge in [-0.2, -0.15) is 0 Å². The van der Waals surface area contributed by atoms with Crippen LogP contribution in [0.4, 0.5) is 0 Å². The minimum absolute atomic E-state index is 0.332. The van der Waals surface area contributed by atoms with Crippen LogP contribution in [0, 0.1) is 0 Å². The second-order valence-electron chi connectivity index (χ2n) is 3.80. The first kappa shape index (κ1) is 14.2. The number of hydrogen-bond acceptors (Lipinski definition) is 2. The van der Waals surface area contributed by atoms with Crippen LogP contribution in [-0.4, -0.2) is 43.1 Å². The summed E-state index contributed by atoms with van der Waals surface area (Å²) in [7, 11) is 0. The van der Waals surface area contributed by atoms with E-state index in [4.69, 9.17) is 16.3 Å². The van der Waals surface area contributed by atoms with E-state index in [-0.39, 0.29) is 0 Å². The minimum Gasteiger partial charge on any atom is -0.377 e. The molecule has 14 heavy (non-hydrogen) atoms. The lowest BCUT2D eigenvalue weighted by Crippen LogP contribution is -2.31. The lowest BCUT2D eigenvalue weighted by Gasteiger charge is -2.21. The lowest BCUT2D eigenvalue weighted by atomic mass is 10.3. The summed E-state index contributed by atoms with van der Waals surface area (Å²) in [6.45, 7) is 10.3. The molecule has 0 aliphatic rings. The molecular weight excluding hydrogens is 198 g/mol. The van der Waals surface area contributed by atoms with Crippen molar-refractivity contribution < 1.29 is 4.74 Å². The summed E-state index contributed by atoms with van der Waals surface area (Å²) in [4.78, 5) is 2.37. The van der Waals surface area contributed by atoms with Crippen LogP contribution in [0.5, 0.6) is 0 Å². The largest absolute Gasteiger partial charge is 0.377 e. The van der Waals surface area contributed by atoms with Crippen LogP contribution in [0.2, 0.25) is 0 Å². The highest BCUT2D eigenvalue weighted by molar-refractivity contribution is 6.18. The van der Waals surface area contributed by atoms with Gasteiger partial charge in [-0.15, -0.1) is 11.6 Å². The molecule has 0 aromatic heterocycles. The van der Waals surface area contributed by atoms with Gasteiger partial charge in [0.25, 0.3) is 0 Å². The van der Waals surface area contributed by atoms with Gasteiger partial charge in [0, 0.05) is 19.0 Å². The quantitative estimate of drug-likeness (QED) is 0.556. The molecule has 0 atom stereocenters. The fourth-order valence-electron chi connectivity index (χ4n) is 1.25. The standard InChI is InChI=1S/C11H24ClNO/c1-4-5-7-13(8-6-12)9-10-14-11(2)3/h11H,4-10H2,1-3H3. The Balaban J connectivity index is 3.50. The Morgan fingerprint density at radius 2 is 1.93 bits per heavy atom. The number of alkyl halides is 1. The fourth-order valence-corrected chi connectivity index (χ4v) is 1.49. The number of nitrogens with zero attached hydrogens (tertiary/aromatic N) is 1. The number of hydrogen-bond donors (Lipinski definition) is 0. The fraction of sp³-hybridized carbons (Fsp3) is 1.00. The molecule has 0 aromatic rings. The zero-order chi connectivity index (χ0) is 10.8. The van der Waals surface area contributed by atoms with E-state index in [1.54, 1.807) is 0 Å². The molecule has 2 nitrogen and oxygen atoms in total. The van der Waals surface area contributed by atoms with Gasteiger partial charge >= 0.3 is 0 Å². The topological polar surface area (TPSA) is 12.5 Å². The molecule has 0 unspecified atom stereocenters. The molecule has 0 saturated heterocycles. The zero-order valence-corrected chi connectivity index (χ0v) is 10.5. The van der Waals surface area contributed by atoms with E-state index >= 15 is 0 Å². The maximum Gasteiger partial charge on any atom is 0.0596 e. The van der Waals surface area contributed by atoms with E-state index in [1.807, 2.05) is 0 Å². The number of ether oxygens (including phenoxy) is 1. The Morgan fingerprint density at radius 3 is 2.43 bits per heavy atom. The summed E-state index contributed by atoms with van der Waals surface area (Å²) in [6.07, 6.45) is 2.82. The van der Waals surface area contributed by atoms with Gasteiger partial charge in [0.15, 0.2) is 0 Å². The summed E-state index contributed by atoms with van der Waals surface area (Å²) in [5.74, 6) is 0.714. The summed E-state index contributed by atoms with van der Waals surface area (Å²) in [5.41, 5.74) is 0. The molecule has 0 saturated carbocycles. The molecule has 0 N–H and O–H groups in total. The third kappa shape index (κ3) is 8.79. The smallest absolute Gasteiger partial charge is 0.0596 e. The van der Waals surface area contributed by atoms with E-state index < -0.39 is 0 Å². The zero-order valence-electron chi connectivity index (χ0n) is 9.76. The Hall–Kier alpha value is 0.210. The first-order valence-corrected chi connectivity index (χ1v) is 6.14. The van der Waals surface area contributed by atoms with Gasteiger partial charge < -0.3 is 4.74 Å². The highest BCUT2D eigenvalue weighted by atomic mass is 35.5. The van der Waals surface area contributed by atoms with Crippen LogP contribution in [0.3, 0.4) is 0 Å². The lowest BCUT2D eigenvalue weighted by molar-refractivity contribution is 0.0599. The summed E-state index contributed by atoms with van der Waals surface area (Å²) in [6, 6.07) is 0. The van der Waals surface area contributed by atoms with Crippen LogP contribution in [-0.2, 0) is 4.74 Å². The molecule has 0 fully saturated rings. The number of rotatable bonds is 9. The Labute approximate surface area is 93.6 Å². The highest BCUT2D eigenvalue weighted by Crippen LogP contribution is 1.97. The molecule has 0 heterocycles. The first-order valence-electron chi connectivity index (χ1n) is 5.60. The van der Waals surface area contributed by atoms with Crippen LogP contribution in [0.25, 0.3) is 0 Å². The predicted octanol–water partition coefficient (Wildman–Crippen LogP) is 2.75. The van der Waals surface area contributed by atoms with Crippen molar-refractivity contribution in [1.29, 1.82) is 0 Å². The van der Waals surface area contributed by atoms with Crippen LogP contribution < -0.4 is 0 Å². The molecule has 0 aromatic carbocycles. The molecular formula is C11H24ClNO.